The fourth-order valence-electron chi connectivity index (χ4n) is 3.51. The van der Waals surface area contributed by atoms with Crippen molar-refractivity contribution < 1.29 is 13.2 Å². The number of hydrogen-bond acceptors (Lipinski definition) is 4. The second kappa shape index (κ2) is 6.74. The molecule has 4 rings (SSSR count). The Hall–Kier alpha value is -2.22. The predicted octanol–water partition coefficient (Wildman–Crippen LogP) is 3.11. The standard InChI is InChI=1S/C20H23N3O3S/c1-14-7-8-22-13-19(21-20(22)9-14)17-5-4-6-18(10-17)27(24,25)23-11-15(2)26-16(3)12-23/h4-10,13,15-16H,11-12H2,1-3H3/t15-,16-/m1/s1. The minimum atomic E-state index is -3.58. The molecule has 0 N–H and O–H groups in total. The highest BCUT2D eigenvalue weighted by Gasteiger charge is 2.32. The first-order chi connectivity index (χ1) is 12.8. The Morgan fingerprint density at radius 3 is 2.59 bits per heavy atom. The molecule has 0 bridgehead atoms. The lowest BCUT2D eigenvalue weighted by molar-refractivity contribution is -0.0440. The van der Waals surface area contributed by atoms with Crippen LogP contribution in [0.3, 0.4) is 0 Å². The van der Waals surface area contributed by atoms with E-state index in [0.717, 1.165) is 22.5 Å². The smallest absolute Gasteiger partial charge is 0.243 e. The molecule has 1 aliphatic heterocycles. The molecule has 142 valence electrons. The zero-order chi connectivity index (χ0) is 19.2. The average molecular weight is 385 g/mol. The van der Waals surface area contributed by atoms with Gasteiger partial charge in [-0.05, 0) is 50.6 Å². The van der Waals surface area contributed by atoms with Gasteiger partial charge in [-0.15, -0.1) is 0 Å². The molecule has 1 aliphatic rings. The topological polar surface area (TPSA) is 63.9 Å². The molecule has 1 saturated heterocycles. The molecule has 0 aliphatic carbocycles. The molecule has 0 unspecified atom stereocenters. The van der Waals surface area contributed by atoms with Crippen molar-refractivity contribution in [2.24, 2.45) is 0 Å². The van der Waals surface area contributed by atoms with E-state index in [1.807, 2.05) is 55.8 Å². The molecule has 1 aromatic carbocycles. The van der Waals surface area contributed by atoms with Crippen LogP contribution in [0.25, 0.3) is 16.9 Å². The molecule has 27 heavy (non-hydrogen) atoms. The summed E-state index contributed by atoms with van der Waals surface area (Å²) < 4.78 is 35.4. The number of benzene rings is 1. The van der Waals surface area contributed by atoms with Crippen LogP contribution in [-0.2, 0) is 14.8 Å². The molecule has 2 aromatic heterocycles. The van der Waals surface area contributed by atoms with Crippen LogP contribution in [0.4, 0.5) is 0 Å². The molecule has 2 atom stereocenters. The summed E-state index contributed by atoms with van der Waals surface area (Å²) in [5.41, 5.74) is 3.51. The van der Waals surface area contributed by atoms with Gasteiger partial charge in [0.25, 0.3) is 0 Å². The van der Waals surface area contributed by atoms with E-state index in [1.54, 1.807) is 18.2 Å². The van der Waals surface area contributed by atoms with Crippen molar-refractivity contribution in [2.75, 3.05) is 13.1 Å². The first kappa shape index (κ1) is 18.2. The Bertz CT molecular complexity index is 1080. The zero-order valence-electron chi connectivity index (χ0n) is 15.7. The first-order valence-corrected chi connectivity index (χ1v) is 10.5. The highest BCUT2D eigenvalue weighted by molar-refractivity contribution is 7.89. The van der Waals surface area contributed by atoms with Crippen molar-refractivity contribution in [1.29, 1.82) is 0 Å². The maximum atomic E-state index is 13.1. The number of morpholine rings is 1. The summed E-state index contributed by atoms with van der Waals surface area (Å²) in [6.07, 6.45) is 3.64. The van der Waals surface area contributed by atoms with Crippen LogP contribution in [0.5, 0.6) is 0 Å². The average Bonchev–Trinajstić information content (AvgIpc) is 3.04. The fourth-order valence-corrected chi connectivity index (χ4v) is 5.15. The molecule has 0 amide bonds. The lowest BCUT2D eigenvalue weighted by atomic mass is 10.2. The maximum Gasteiger partial charge on any atom is 0.243 e. The van der Waals surface area contributed by atoms with Crippen LogP contribution in [0.15, 0.2) is 53.7 Å². The van der Waals surface area contributed by atoms with E-state index in [1.165, 1.54) is 4.31 Å². The van der Waals surface area contributed by atoms with Gasteiger partial charge in [0, 0.05) is 31.0 Å². The zero-order valence-corrected chi connectivity index (χ0v) is 16.5. The van der Waals surface area contributed by atoms with Crippen molar-refractivity contribution in [1.82, 2.24) is 13.7 Å². The lowest BCUT2D eigenvalue weighted by Gasteiger charge is -2.34. The van der Waals surface area contributed by atoms with Gasteiger partial charge < -0.3 is 9.14 Å². The summed E-state index contributed by atoms with van der Waals surface area (Å²) >= 11 is 0. The van der Waals surface area contributed by atoms with Crippen LogP contribution in [0.1, 0.15) is 19.4 Å². The van der Waals surface area contributed by atoms with Crippen molar-refractivity contribution in [3.8, 4) is 11.3 Å². The molecule has 0 spiro atoms. The third-order valence-corrected chi connectivity index (χ3v) is 6.60. The number of fused-ring (bicyclic) bond motifs is 1. The maximum absolute atomic E-state index is 13.1. The van der Waals surface area contributed by atoms with Gasteiger partial charge >= 0.3 is 0 Å². The Balaban J connectivity index is 1.71. The number of imidazole rings is 1. The van der Waals surface area contributed by atoms with Gasteiger partial charge in [0.2, 0.25) is 10.0 Å². The largest absolute Gasteiger partial charge is 0.373 e. The predicted molar refractivity (Wildman–Crippen MR) is 104 cm³/mol. The minimum absolute atomic E-state index is 0.117. The highest BCUT2D eigenvalue weighted by Crippen LogP contribution is 2.26. The van der Waals surface area contributed by atoms with E-state index in [4.69, 9.17) is 4.74 Å². The monoisotopic (exact) mass is 385 g/mol. The van der Waals surface area contributed by atoms with Crippen LogP contribution < -0.4 is 0 Å². The number of pyridine rings is 1. The highest BCUT2D eigenvalue weighted by atomic mass is 32.2. The third kappa shape index (κ3) is 3.50. The second-order valence-corrected chi connectivity index (χ2v) is 9.14. The number of rotatable bonds is 3. The van der Waals surface area contributed by atoms with E-state index < -0.39 is 10.0 Å². The quantitative estimate of drug-likeness (QED) is 0.695. The van der Waals surface area contributed by atoms with Gasteiger partial charge in [-0.1, -0.05) is 12.1 Å². The van der Waals surface area contributed by atoms with Gasteiger partial charge in [0.05, 0.1) is 22.8 Å². The summed E-state index contributed by atoms with van der Waals surface area (Å²) in [5, 5.41) is 0. The first-order valence-electron chi connectivity index (χ1n) is 9.04. The Labute approximate surface area is 159 Å². The fraction of sp³-hybridized carbons (Fsp3) is 0.350. The molecule has 0 saturated carbocycles. The Morgan fingerprint density at radius 2 is 1.85 bits per heavy atom. The van der Waals surface area contributed by atoms with E-state index >= 15 is 0 Å². The number of ether oxygens (including phenoxy) is 1. The van der Waals surface area contributed by atoms with E-state index in [2.05, 4.69) is 4.98 Å². The van der Waals surface area contributed by atoms with Crippen molar-refractivity contribution in [3.05, 3.63) is 54.4 Å². The summed E-state index contributed by atoms with van der Waals surface area (Å²) in [5.74, 6) is 0. The van der Waals surface area contributed by atoms with E-state index in [9.17, 15) is 8.42 Å². The van der Waals surface area contributed by atoms with Gasteiger partial charge in [0.1, 0.15) is 5.65 Å². The van der Waals surface area contributed by atoms with Gasteiger partial charge in [-0.2, -0.15) is 4.31 Å². The molecule has 0 radical (unpaired) electrons. The summed E-state index contributed by atoms with van der Waals surface area (Å²) in [6, 6.07) is 11.0. The number of hydrogen-bond donors (Lipinski definition) is 0. The van der Waals surface area contributed by atoms with Crippen LogP contribution in [0.2, 0.25) is 0 Å². The summed E-state index contributed by atoms with van der Waals surface area (Å²) in [7, 11) is -3.58. The van der Waals surface area contributed by atoms with Gasteiger partial charge in [0.15, 0.2) is 0 Å². The number of aryl methyl sites for hydroxylation is 1. The Kier molecular flexibility index (Phi) is 4.53. The minimum Gasteiger partial charge on any atom is -0.373 e. The van der Waals surface area contributed by atoms with E-state index in [-0.39, 0.29) is 17.1 Å². The molecular weight excluding hydrogens is 362 g/mol. The van der Waals surface area contributed by atoms with Gasteiger partial charge in [-0.3, -0.25) is 0 Å². The molecular formula is C20H23N3O3S. The van der Waals surface area contributed by atoms with Gasteiger partial charge in [-0.25, -0.2) is 13.4 Å². The Morgan fingerprint density at radius 1 is 1.11 bits per heavy atom. The summed E-state index contributed by atoms with van der Waals surface area (Å²) in [6.45, 7) is 6.54. The number of aromatic nitrogens is 2. The van der Waals surface area contributed by atoms with Crippen molar-refractivity contribution >= 4 is 15.7 Å². The van der Waals surface area contributed by atoms with Crippen molar-refractivity contribution in [2.45, 2.75) is 37.9 Å². The molecule has 7 heteroatoms. The molecule has 3 heterocycles. The number of sulfonamides is 1. The van der Waals surface area contributed by atoms with Crippen molar-refractivity contribution in [3.63, 3.8) is 0 Å². The number of nitrogens with zero attached hydrogens (tertiary/aromatic N) is 3. The molecule has 3 aromatic rings. The van der Waals surface area contributed by atoms with Crippen LogP contribution in [-0.4, -0.2) is 47.4 Å². The molecule has 1 fully saturated rings. The lowest BCUT2D eigenvalue weighted by Crippen LogP contribution is -2.48. The third-order valence-electron chi connectivity index (χ3n) is 4.77. The SMILES string of the molecule is Cc1ccn2cc(-c3cccc(S(=O)(=O)N4C[C@@H](C)O[C@H](C)C4)c3)nc2c1. The second-order valence-electron chi connectivity index (χ2n) is 7.20. The van der Waals surface area contributed by atoms with Crippen LogP contribution in [0, 0.1) is 6.92 Å². The molecule has 6 nitrogen and oxygen atoms in total. The van der Waals surface area contributed by atoms with Crippen LogP contribution >= 0.6 is 0 Å². The normalized spacial score (nSPS) is 21.6. The summed E-state index contributed by atoms with van der Waals surface area (Å²) in [4.78, 5) is 4.92. The van der Waals surface area contributed by atoms with E-state index in [0.29, 0.717) is 13.1 Å².